The summed E-state index contributed by atoms with van der Waals surface area (Å²) in [5.41, 5.74) is 0.945. The molecule has 0 bridgehead atoms. The molecule has 2 amide bonds. The van der Waals surface area contributed by atoms with Gasteiger partial charge in [0.25, 0.3) is 0 Å². The molecule has 9 heteroatoms. The lowest BCUT2D eigenvalue weighted by molar-refractivity contribution is -0.168. The van der Waals surface area contributed by atoms with Crippen LogP contribution < -0.4 is 5.32 Å². The third-order valence-electron chi connectivity index (χ3n) is 3.77. The summed E-state index contributed by atoms with van der Waals surface area (Å²) in [5, 5.41) is 2.73. The fourth-order valence-electron chi connectivity index (χ4n) is 2.65. The fourth-order valence-corrected chi connectivity index (χ4v) is 2.65. The second-order valence-electron chi connectivity index (χ2n) is 6.35. The van der Waals surface area contributed by atoms with Gasteiger partial charge in [0, 0.05) is 18.8 Å². The van der Waals surface area contributed by atoms with Crippen LogP contribution in [0.3, 0.4) is 0 Å². The van der Waals surface area contributed by atoms with Gasteiger partial charge < -0.3 is 19.7 Å². The number of hydrogen-bond donors (Lipinski definition) is 1. The molecule has 2 rings (SSSR count). The van der Waals surface area contributed by atoms with Gasteiger partial charge in [-0.1, -0.05) is 12.1 Å². The number of rotatable bonds is 6. The molecule has 1 aromatic carbocycles. The summed E-state index contributed by atoms with van der Waals surface area (Å²) in [6, 6.07) is 6.10. The summed E-state index contributed by atoms with van der Waals surface area (Å²) >= 11 is 0. The van der Waals surface area contributed by atoms with E-state index in [9.17, 15) is 22.4 Å². The van der Waals surface area contributed by atoms with E-state index in [1.165, 1.54) is 0 Å². The van der Waals surface area contributed by atoms with E-state index < -0.39 is 19.0 Å². The molecular formula is C17H22F4N2O3. The van der Waals surface area contributed by atoms with Crippen molar-refractivity contribution in [2.24, 2.45) is 0 Å². The van der Waals surface area contributed by atoms with E-state index >= 15 is 0 Å². The Labute approximate surface area is 149 Å². The number of hydrogen-bond acceptors (Lipinski definition) is 3. The third-order valence-corrected chi connectivity index (χ3v) is 3.77. The molecule has 2 atom stereocenters. The molecule has 0 aliphatic carbocycles. The normalized spacial score (nSPS) is 21.1. The Morgan fingerprint density at radius 3 is 2.62 bits per heavy atom. The van der Waals surface area contributed by atoms with Crippen molar-refractivity contribution in [3.63, 3.8) is 0 Å². The molecule has 1 fully saturated rings. The molecule has 1 aliphatic heterocycles. The Balaban J connectivity index is 1.89. The maximum Gasteiger partial charge on any atom is 0.330 e. The number of carbonyl (C=O) groups is 1. The second-order valence-corrected chi connectivity index (χ2v) is 6.35. The van der Waals surface area contributed by atoms with Crippen LogP contribution >= 0.6 is 0 Å². The van der Waals surface area contributed by atoms with E-state index in [4.69, 9.17) is 4.74 Å². The van der Waals surface area contributed by atoms with Crippen LogP contribution in [0, 0.1) is 0 Å². The lowest BCUT2D eigenvalue weighted by atomic mass is 10.2. The minimum Gasteiger partial charge on any atom is -0.372 e. The van der Waals surface area contributed by atoms with Crippen molar-refractivity contribution in [3.05, 3.63) is 29.8 Å². The summed E-state index contributed by atoms with van der Waals surface area (Å²) < 4.78 is 60.1. The molecule has 146 valence electrons. The van der Waals surface area contributed by atoms with Crippen LogP contribution in [-0.4, -0.2) is 55.2 Å². The van der Waals surface area contributed by atoms with Crippen molar-refractivity contribution in [2.75, 3.05) is 25.0 Å². The molecular weight excluding hydrogens is 356 g/mol. The number of benzene rings is 1. The molecule has 0 spiro atoms. The molecule has 0 saturated carbocycles. The third kappa shape index (κ3) is 5.84. The SMILES string of the molecule is C[C@@H]1CN(C(=O)Nc2cccc(COCC(F)(F)C(F)F)c2)C[C@@H](C)O1. The lowest BCUT2D eigenvalue weighted by Crippen LogP contribution is -2.49. The summed E-state index contributed by atoms with van der Waals surface area (Å²) in [5.74, 6) is -4.18. The maximum absolute atomic E-state index is 12.8. The zero-order chi connectivity index (χ0) is 19.3. The smallest absolute Gasteiger partial charge is 0.330 e. The molecule has 0 aromatic heterocycles. The molecule has 5 nitrogen and oxygen atoms in total. The topological polar surface area (TPSA) is 50.8 Å². The van der Waals surface area contributed by atoms with Gasteiger partial charge in [0.15, 0.2) is 0 Å². The zero-order valence-corrected chi connectivity index (χ0v) is 14.6. The Bertz CT molecular complexity index is 605. The van der Waals surface area contributed by atoms with Crippen LogP contribution in [-0.2, 0) is 16.1 Å². The fraction of sp³-hybridized carbons (Fsp3) is 0.588. The van der Waals surface area contributed by atoms with Gasteiger partial charge in [0.05, 0.1) is 18.8 Å². The van der Waals surface area contributed by atoms with Gasteiger partial charge in [0.2, 0.25) is 0 Å². The quantitative estimate of drug-likeness (QED) is 0.768. The Hall–Kier alpha value is -1.87. The van der Waals surface area contributed by atoms with Gasteiger partial charge in [-0.25, -0.2) is 13.6 Å². The van der Waals surface area contributed by atoms with Crippen molar-refractivity contribution >= 4 is 11.7 Å². The molecule has 26 heavy (non-hydrogen) atoms. The van der Waals surface area contributed by atoms with Crippen LogP contribution in [0.1, 0.15) is 19.4 Å². The molecule has 0 unspecified atom stereocenters. The predicted octanol–water partition coefficient (Wildman–Crippen LogP) is 3.74. The number of amides is 2. The first-order valence-corrected chi connectivity index (χ1v) is 8.21. The van der Waals surface area contributed by atoms with E-state index in [2.05, 4.69) is 10.1 Å². The molecule has 1 aliphatic rings. The van der Waals surface area contributed by atoms with Gasteiger partial charge in [-0.2, -0.15) is 8.78 Å². The van der Waals surface area contributed by atoms with Gasteiger partial charge in [-0.3, -0.25) is 0 Å². The first kappa shape index (κ1) is 20.4. The molecule has 1 N–H and O–H groups in total. The first-order chi connectivity index (χ1) is 12.2. The van der Waals surface area contributed by atoms with Crippen molar-refractivity contribution in [2.45, 2.75) is 45.0 Å². The van der Waals surface area contributed by atoms with Crippen LogP contribution in [0.4, 0.5) is 28.0 Å². The Morgan fingerprint density at radius 2 is 2.00 bits per heavy atom. The number of halogens is 4. The summed E-state index contributed by atoms with van der Waals surface area (Å²) in [7, 11) is 0. The Kier molecular flexibility index (Phi) is 6.82. The van der Waals surface area contributed by atoms with E-state index in [1.54, 1.807) is 29.2 Å². The van der Waals surface area contributed by atoms with Crippen molar-refractivity contribution in [1.82, 2.24) is 4.90 Å². The van der Waals surface area contributed by atoms with Crippen LogP contribution in [0.15, 0.2) is 24.3 Å². The van der Waals surface area contributed by atoms with Crippen LogP contribution in [0.5, 0.6) is 0 Å². The number of morpholine rings is 1. The van der Waals surface area contributed by atoms with Gasteiger partial charge in [-0.05, 0) is 31.5 Å². The number of carbonyl (C=O) groups excluding carboxylic acids is 1. The van der Waals surface area contributed by atoms with E-state index in [1.807, 2.05) is 13.8 Å². The average molecular weight is 378 g/mol. The average Bonchev–Trinajstić information content (AvgIpc) is 2.54. The van der Waals surface area contributed by atoms with E-state index in [0.29, 0.717) is 24.3 Å². The number of nitrogens with zero attached hydrogens (tertiary/aromatic N) is 1. The number of anilines is 1. The predicted molar refractivity (Wildman–Crippen MR) is 87.6 cm³/mol. The van der Waals surface area contributed by atoms with Gasteiger partial charge in [0.1, 0.15) is 6.61 Å². The monoisotopic (exact) mass is 378 g/mol. The summed E-state index contributed by atoms with van der Waals surface area (Å²) in [4.78, 5) is 14.0. The highest BCUT2D eigenvalue weighted by Gasteiger charge is 2.40. The second kappa shape index (κ2) is 8.68. The Morgan fingerprint density at radius 1 is 1.35 bits per heavy atom. The molecule has 1 heterocycles. The highest BCUT2D eigenvalue weighted by Crippen LogP contribution is 2.23. The van der Waals surface area contributed by atoms with Gasteiger partial charge in [-0.15, -0.1) is 0 Å². The van der Waals surface area contributed by atoms with E-state index in [0.717, 1.165) is 0 Å². The molecule has 1 saturated heterocycles. The number of ether oxygens (including phenoxy) is 2. The minimum atomic E-state index is -4.18. The van der Waals surface area contributed by atoms with Gasteiger partial charge >= 0.3 is 18.4 Å². The summed E-state index contributed by atoms with van der Waals surface area (Å²) in [6.07, 6.45) is -3.91. The van der Waals surface area contributed by atoms with Crippen molar-refractivity contribution in [1.29, 1.82) is 0 Å². The van der Waals surface area contributed by atoms with Crippen LogP contribution in [0.2, 0.25) is 0 Å². The minimum absolute atomic E-state index is 0.0688. The largest absolute Gasteiger partial charge is 0.372 e. The maximum atomic E-state index is 12.8. The van der Waals surface area contributed by atoms with Crippen LogP contribution in [0.25, 0.3) is 0 Å². The number of nitrogens with one attached hydrogen (secondary N) is 1. The molecule has 1 aromatic rings. The summed E-state index contributed by atoms with van der Waals surface area (Å²) in [6.45, 7) is 3.04. The lowest BCUT2D eigenvalue weighted by Gasteiger charge is -2.35. The zero-order valence-electron chi connectivity index (χ0n) is 14.6. The first-order valence-electron chi connectivity index (χ1n) is 8.21. The van der Waals surface area contributed by atoms with E-state index in [-0.39, 0.29) is 24.8 Å². The standard InChI is InChI=1S/C17H22F4N2O3/c1-11-7-23(8-12(2)26-11)16(24)22-14-5-3-4-13(6-14)9-25-10-17(20,21)15(18)19/h3-6,11-12,15H,7-10H2,1-2H3,(H,22,24)/t11-,12-/m1/s1. The number of alkyl halides is 4. The van der Waals surface area contributed by atoms with Crippen molar-refractivity contribution < 1.29 is 31.8 Å². The number of urea groups is 1. The highest BCUT2D eigenvalue weighted by atomic mass is 19.3. The highest BCUT2D eigenvalue weighted by molar-refractivity contribution is 5.89. The molecule has 0 radical (unpaired) electrons. The van der Waals surface area contributed by atoms with Crippen molar-refractivity contribution in [3.8, 4) is 0 Å².